The van der Waals surface area contributed by atoms with Crippen LogP contribution in [0.2, 0.25) is 0 Å². The molecule has 3 aromatic heterocycles. The van der Waals surface area contributed by atoms with Crippen molar-refractivity contribution in [3.63, 3.8) is 0 Å². The summed E-state index contributed by atoms with van der Waals surface area (Å²) in [6.45, 7) is 2.58. The van der Waals surface area contributed by atoms with E-state index in [1.54, 1.807) is 22.0 Å². The van der Waals surface area contributed by atoms with Crippen molar-refractivity contribution in [3.05, 3.63) is 40.7 Å². The molecule has 7 nitrogen and oxygen atoms in total. The average Bonchev–Trinajstić information content (AvgIpc) is 3.24. The SMILES string of the molecule is Cc1nc2c(NC(=O)N3CCCC[C@H]3c3nccs3)cccn2n1. The van der Waals surface area contributed by atoms with Gasteiger partial charge in [0.2, 0.25) is 0 Å². The van der Waals surface area contributed by atoms with Gasteiger partial charge in [-0.1, -0.05) is 0 Å². The van der Waals surface area contributed by atoms with E-state index in [-0.39, 0.29) is 12.1 Å². The maximum atomic E-state index is 12.9. The van der Waals surface area contributed by atoms with E-state index in [9.17, 15) is 4.79 Å². The molecule has 0 unspecified atom stereocenters. The third-order valence-electron chi connectivity index (χ3n) is 4.21. The predicted octanol–water partition coefficient (Wildman–Crippen LogP) is 3.25. The zero-order valence-electron chi connectivity index (χ0n) is 13.3. The van der Waals surface area contributed by atoms with Gasteiger partial charge in [-0.2, -0.15) is 5.10 Å². The summed E-state index contributed by atoms with van der Waals surface area (Å²) < 4.78 is 1.68. The van der Waals surface area contributed by atoms with Gasteiger partial charge in [0.1, 0.15) is 10.8 Å². The topological polar surface area (TPSA) is 75.4 Å². The van der Waals surface area contributed by atoms with Crippen LogP contribution in [0.1, 0.15) is 36.1 Å². The summed E-state index contributed by atoms with van der Waals surface area (Å²) in [4.78, 5) is 23.5. The van der Waals surface area contributed by atoms with E-state index in [4.69, 9.17) is 0 Å². The van der Waals surface area contributed by atoms with Gasteiger partial charge in [0.25, 0.3) is 0 Å². The van der Waals surface area contributed by atoms with Crippen LogP contribution in [-0.4, -0.2) is 37.1 Å². The molecule has 0 saturated carbocycles. The fraction of sp³-hybridized carbons (Fsp3) is 0.375. The van der Waals surface area contributed by atoms with Gasteiger partial charge in [0.15, 0.2) is 5.65 Å². The van der Waals surface area contributed by atoms with Crippen molar-refractivity contribution in [1.82, 2.24) is 24.5 Å². The second-order valence-electron chi connectivity index (χ2n) is 5.85. The molecule has 0 radical (unpaired) electrons. The maximum Gasteiger partial charge on any atom is 0.322 e. The summed E-state index contributed by atoms with van der Waals surface area (Å²) in [5, 5.41) is 10.2. The number of pyridine rings is 1. The Kier molecular flexibility index (Phi) is 3.89. The molecule has 0 bridgehead atoms. The van der Waals surface area contributed by atoms with Crippen LogP contribution in [0.4, 0.5) is 10.5 Å². The first-order valence-corrected chi connectivity index (χ1v) is 8.89. The maximum absolute atomic E-state index is 12.9. The lowest BCUT2D eigenvalue weighted by molar-refractivity contribution is 0.163. The van der Waals surface area contributed by atoms with E-state index < -0.39 is 0 Å². The molecule has 1 saturated heterocycles. The molecule has 1 fully saturated rings. The Morgan fingerprint density at radius 3 is 3.17 bits per heavy atom. The highest BCUT2D eigenvalue weighted by Gasteiger charge is 2.30. The summed E-state index contributed by atoms with van der Waals surface area (Å²) in [6.07, 6.45) is 6.71. The van der Waals surface area contributed by atoms with Crippen LogP contribution in [0.15, 0.2) is 29.9 Å². The molecule has 0 aromatic carbocycles. The van der Waals surface area contributed by atoms with Crippen LogP contribution in [0.25, 0.3) is 5.65 Å². The van der Waals surface area contributed by atoms with E-state index in [0.29, 0.717) is 17.2 Å². The summed E-state index contributed by atoms with van der Waals surface area (Å²) in [5.41, 5.74) is 1.33. The number of piperidine rings is 1. The summed E-state index contributed by atoms with van der Waals surface area (Å²) in [5.74, 6) is 0.676. The van der Waals surface area contributed by atoms with E-state index in [1.807, 2.05) is 35.5 Å². The molecule has 1 atom stereocenters. The van der Waals surface area contributed by atoms with Crippen LogP contribution in [0.5, 0.6) is 0 Å². The first-order valence-electron chi connectivity index (χ1n) is 8.01. The molecule has 24 heavy (non-hydrogen) atoms. The van der Waals surface area contributed by atoms with Crippen molar-refractivity contribution < 1.29 is 4.79 Å². The Bertz CT molecular complexity index is 859. The highest BCUT2D eigenvalue weighted by Crippen LogP contribution is 2.32. The Labute approximate surface area is 143 Å². The number of likely N-dealkylation sites (tertiary alicyclic amines) is 1. The van der Waals surface area contributed by atoms with Gasteiger partial charge in [-0.15, -0.1) is 11.3 Å². The number of aryl methyl sites for hydroxylation is 1. The van der Waals surface area contributed by atoms with E-state index in [2.05, 4.69) is 20.4 Å². The smallest absolute Gasteiger partial charge is 0.315 e. The van der Waals surface area contributed by atoms with Crippen LogP contribution in [0.3, 0.4) is 0 Å². The van der Waals surface area contributed by atoms with Gasteiger partial charge in [-0.25, -0.2) is 19.3 Å². The number of nitrogens with zero attached hydrogens (tertiary/aromatic N) is 5. The third-order valence-corrected chi connectivity index (χ3v) is 5.09. The minimum atomic E-state index is -0.108. The first-order chi connectivity index (χ1) is 11.7. The zero-order valence-corrected chi connectivity index (χ0v) is 14.2. The van der Waals surface area contributed by atoms with Crippen molar-refractivity contribution in [2.75, 3.05) is 11.9 Å². The number of fused-ring (bicyclic) bond motifs is 1. The quantitative estimate of drug-likeness (QED) is 0.776. The van der Waals surface area contributed by atoms with Gasteiger partial charge in [-0.3, -0.25) is 0 Å². The lowest BCUT2D eigenvalue weighted by Crippen LogP contribution is -2.41. The van der Waals surface area contributed by atoms with Crippen LogP contribution in [-0.2, 0) is 0 Å². The van der Waals surface area contributed by atoms with E-state index in [1.165, 1.54) is 0 Å². The van der Waals surface area contributed by atoms with Gasteiger partial charge < -0.3 is 10.2 Å². The molecule has 1 aliphatic heterocycles. The minimum Gasteiger partial charge on any atom is -0.315 e. The molecule has 3 aromatic rings. The highest BCUT2D eigenvalue weighted by molar-refractivity contribution is 7.09. The van der Waals surface area contributed by atoms with Crippen molar-refractivity contribution >= 4 is 28.7 Å². The Morgan fingerprint density at radius 1 is 1.42 bits per heavy atom. The van der Waals surface area contributed by atoms with E-state index >= 15 is 0 Å². The summed E-state index contributed by atoms with van der Waals surface area (Å²) in [7, 11) is 0. The largest absolute Gasteiger partial charge is 0.322 e. The van der Waals surface area contributed by atoms with Crippen molar-refractivity contribution in [2.24, 2.45) is 0 Å². The van der Waals surface area contributed by atoms with Crippen LogP contribution >= 0.6 is 11.3 Å². The fourth-order valence-electron chi connectivity index (χ4n) is 3.13. The monoisotopic (exact) mass is 342 g/mol. The highest BCUT2D eigenvalue weighted by atomic mass is 32.1. The third kappa shape index (κ3) is 2.73. The summed E-state index contributed by atoms with van der Waals surface area (Å²) >= 11 is 1.60. The van der Waals surface area contributed by atoms with Crippen LogP contribution < -0.4 is 5.32 Å². The van der Waals surface area contributed by atoms with Crippen molar-refractivity contribution in [2.45, 2.75) is 32.2 Å². The second kappa shape index (κ2) is 6.20. The number of carbonyl (C=O) groups excluding carboxylic acids is 1. The molecule has 2 amide bonds. The van der Waals surface area contributed by atoms with Crippen LogP contribution in [0, 0.1) is 6.92 Å². The number of thiazole rings is 1. The molecular weight excluding hydrogens is 324 g/mol. The molecule has 1 N–H and O–H groups in total. The lowest BCUT2D eigenvalue weighted by Gasteiger charge is -2.34. The first kappa shape index (κ1) is 15.1. The number of hydrogen-bond donors (Lipinski definition) is 1. The van der Waals surface area contributed by atoms with Gasteiger partial charge >= 0.3 is 6.03 Å². The zero-order chi connectivity index (χ0) is 16.5. The number of hydrogen-bond acceptors (Lipinski definition) is 5. The number of anilines is 1. The molecular formula is C16H18N6OS. The summed E-state index contributed by atoms with van der Waals surface area (Å²) in [6, 6.07) is 3.65. The molecule has 0 aliphatic carbocycles. The molecule has 4 rings (SSSR count). The molecule has 124 valence electrons. The van der Waals surface area contributed by atoms with Crippen molar-refractivity contribution in [3.8, 4) is 0 Å². The van der Waals surface area contributed by atoms with Crippen molar-refractivity contribution in [1.29, 1.82) is 0 Å². The van der Waals surface area contributed by atoms with Gasteiger partial charge in [0, 0.05) is 24.3 Å². The average molecular weight is 342 g/mol. The standard InChI is InChI=1S/C16H18N6OS/c1-11-18-14-12(5-4-9-22(14)20-11)19-16(23)21-8-3-2-6-13(21)15-17-7-10-24-15/h4-5,7,9-10,13H,2-3,6,8H2,1H3,(H,19,23)/t13-/m0/s1. The number of rotatable bonds is 2. The molecule has 4 heterocycles. The fourth-order valence-corrected chi connectivity index (χ4v) is 3.91. The molecule has 8 heteroatoms. The number of carbonyl (C=O) groups is 1. The number of aromatic nitrogens is 4. The predicted molar refractivity (Wildman–Crippen MR) is 92.2 cm³/mol. The minimum absolute atomic E-state index is 0.0538. The second-order valence-corrected chi connectivity index (χ2v) is 6.78. The van der Waals surface area contributed by atoms with Gasteiger partial charge in [0.05, 0.1) is 11.7 Å². The van der Waals surface area contributed by atoms with E-state index in [0.717, 1.165) is 30.8 Å². The Balaban J connectivity index is 1.60. The number of amides is 2. The normalized spacial score (nSPS) is 18.0. The number of urea groups is 1. The lowest BCUT2D eigenvalue weighted by atomic mass is 10.0. The Hall–Kier alpha value is -2.48. The number of nitrogens with one attached hydrogen (secondary N) is 1. The molecule has 1 aliphatic rings. The molecule has 0 spiro atoms. The van der Waals surface area contributed by atoms with Gasteiger partial charge in [-0.05, 0) is 38.3 Å². The Morgan fingerprint density at radius 2 is 2.33 bits per heavy atom.